The summed E-state index contributed by atoms with van der Waals surface area (Å²) in [5.41, 5.74) is 2.04. The Bertz CT molecular complexity index is 1100. The molecule has 2 aliphatic heterocycles. The zero-order valence-corrected chi connectivity index (χ0v) is 22.8. The van der Waals surface area contributed by atoms with E-state index >= 15 is 0 Å². The second-order valence-electron chi connectivity index (χ2n) is 9.75. The van der Waals surface area contributed by atoms with E-state index < -0.39 is 12.2 Å². The summed E-state index contributed by atoms with van der Waals surface area (Å²) in [6, 6.07) is 15.3. The minimum absolute atomic E-state index is 0.0145. The number of carbonyl (C=O) groups excluding carboxylic acids is 3. The zero-order valence-electron chi connectivity index (χ0n) is 22.0. The SMILES string of the molecule is CSCC[C@H]1C(=O)N(CCCCc2ccccc2)C[C@H]2N1C(=O)CN(C)N2C(=O)NCc1ccc(F)cc1. The number of fused-ring (bicyclic) bond motifs is 1. The zero-order chi connectivity index (χ0) is 27.1. The lowest BCUT2D eigenvalue weighted by Gasteiger charge is -2.54. The van der Waals surface area contributed by atoms with Crippen LogP contribution in [0.25, 0.3) is 0 Å². The van der Waals surface area contributed by atoms with Crippen molar-refractivity contribution in [2.45, 2.75) is 44.4 Å². The topological polar surface area (TPSA) is 76.2 Å². The number of carbonyl (C=O) groups is 3. The molecule has 2 atom stereocenters. The van der Waals surface area contributed by atoms with Gasteiger partial charge in [0, 0.05) is 20.1 Å². The van der Waals surface area contributed by atoms with Crippen LogP contribution in [0.1, 0.15) is 30.4 Å². The molecule has 0 unspecified atom stereocenters. The van der Waals surface area contributed by atoms with Crippen LogP contribution in [0.4, 0.5) is 9.18 Å². The number of hydrazine groups is 1. The monoisotopic (exact) mass is 541 g/mol. The maximum absolute atomic E-state index is 13.6. The van der Waals surface area contributed by atoms with Gasteiger partial charge in [0.2, 0.25) is 11.8 Å². The molecule has 2 saturated heterocycles. The van der Waals surface area contributed by atoms with E-state index in [1.54, 1.807) is 45.9 Å². The first-order chi connectivity index (χ1) is 18.4. The van der Waals surface area contributed by atoms with Gasteiger partial charge in [0.15, 0.2) is 0 Å². The summed E-state index contributed by atoms with van der Waals surface area (Å²) < 4.78 is 13.3. The maximum atomic E-state index is 13.6. The van der Waals surface area contributed by atoms with E-state index in [0.717, 1.165) is 30.6 Å². The number of piperazine rings is 1. The van der Waals surface area contributed by atoms with Crippen LogP contribution in [0.15, 0.2) is 54.6 Å². The van der Waals surface area contributed by atoms with E-state index in [2.05, 4.69) is 17.4 Å². The number of amides is 4. The molecule has 0 aliphatic carbocycles. The molecule has 38 heavy (non-hydrogen) atoms. The summed E-state index contributed by atoms with van der Waals surface area (Å²) in [5, 5.41) is 6.08. The molecular weight excluding hydrogens is 505 g/mol. The van der Waals surface area contributed by atoms with Crippen molar-refractivity contribution in [1.82, 2.24) is 25.1 Å². The van der Waals surface area contributed by atoms with Crippen molar-refractivity contribution in [3.05, 3.63) is 71.5 Å². The lowest BCUT2D eigenvalue weighted by Crippen LogP contribution is -2.76. The van der Waals surface area contributed by atoms with Gasteiger partial charge in [0.1, 0.15) is 18.0 Å². The minimum atomic E-state index is -0.594. The highest BCUT2D eigenvalue weighted by molar-refractivity contribution is 7.98. The number of likely N-dealkylation sites (N-methyl/N-ethyl adjacent to an activating group) is 1. The van der Waals surface area contributed by atoms with Crippen molar-refractivity contribution in [3.8, 4) is 0 Å². The van der Waals surface area contributed by atoms with Crippen molar-refractivity contribution in [1.29, 1.82) is 0 Å². The van der Waals surface area contributed by atoms with Gasteiger partial charge in [-0.05, 0) is 61.0 Å². The van der Waals surface area contributed by atoms with Gasteiger partial charge >= 0.3 is 6.03 Å². The molecule has 8 nitrogen and oxygen atoms in total. The first-order valence-corrected chi connectivity index (χ1v) is 14.4. The number of hydrogen-bond acceptors (Lipinski definition) is 5. The summed E-state index contributed by atoms with van der Waals surface area (Å²) in [6.07, 6.45) is 4.65. The van der Waals surface area contributed by atoms with Crippen LogP contribution in [-0.2, 0) is 22.6 Å². The molecule has 1 N–H and O–H groups in total. The molecule has 0 saturated carbocycles. The molecule has 4 amide bonds. The van der Waals surface area contributed by atoms with E-state index in [9.17, 15) is 18.8 Å². The number of halogens is 1. The molecule has 2 aromatic carbocycles. The van der Waals surface area contributed by atoms with Crippen molar-refractivity contribution in [2.75, 3.05) is 38.7 Å². The summed E-state index contributed by atoms with van der Waals surface area (Å²) in [7, 11) is 1.71. The third-order valence-electron chi connectivity index (χ3n) is 7.09. The Morgan fingerprint density at radius 3 is 2.50 bits per heavy atom. The second kappa shape index (κ2) is 13.1. The molecule has 10 heteroatoms. The Hall–Kier alpha value is -3.11. The summed E-state index contributed by atoms with van der Waals surface area (Å²) >= 11 is 1.63. The fourth-order valence-corrected chi connectivity index (χ4v) is 5.61. The molecule has 0 bridgehead atoms. The van der Waals surface area contributed by atoms with Gasteiger partial charge in [0.25, 0.3) is 0 Å². The first-order valence-electron chi connectivity index (χ1n) is 13.0. The summed E-state index contributed by atoms with van der Waals surface area (Å²) in [5.74, 6) is 0.210. The van der Waals surface area contributed by atoms with Crippen LogP contribution in [-0.4, -0.2) is 88.6 Å². The molecule has 4 rings (SSSR count). The molecular formula is C28H36FN5O3S. The van der Waals surface area contributed by atoms with Crippen molar-refractivity contribution in [3.63, 3.8) is 0 Å². The lowest BCUT2D eigenvalue weighted by atomic mass is 10.0. The molecule has 204 valence electrons. The van der Waals surface area contributed by atoms with Gasteiger partial charge in [-0.3, -0.25) is 9.59 Å². The number of aryl methyl sites for hydroxylation is 1. The Morgan fingerprint density at radius 1 is 1.05 bits per heavy atom. The van der Waals surface area contributed by atoms with Crippen molar-refractivity contribution >= 4 is 29.6 Å². The summed E-state index contributed by atoms with van der Waals surface area (Å²) in [6.45, 7) is 1.08. The average Bonchev–Trinajstić information content (AvgIpc) is 2.91. The van der Waals surface area contributed by atoms with Crippen LogP contribution < -0.4 is 5.32 Å². The largest absolute Gasteiger partial charge is 0.337 e. The van der Waals surface area contributed by atoms with Crippen molar-refractivity contribution < 1.29 is 18.8 Å². The quantitative estimate of drug-likeness (QED) is 0.467. The number of hydrogen-bond donors (Lipinski definition) is 1. The third kappa shape index (κ3) is 6.66. The number of nitrogens with zero attached hydrogens (tertiary/aromatic N) is 4. The van der Waals surface area contributed by atoms with Crippen LogP contribution in [0, 0.1) is 5.82 Å². The van der Waals surface area contributed by atoms with Crippen LogP contribution in [0.5, 0.6) is 0 Å². The van der Waals surface area contributed by atoms with E-state index in [1.807, 2.05) is 29.4 Å². The van der Waals surface area contributed by atoms with E-state index in [-0.39, 0.29) is 43.3 Å². The normalized spacial score (nSPS) is 20.0. The molecule has 2 aromatic rings. The third-order valence-corrected chi connectivity index (χ3v) is 7.73. The minimum Gasteiger partial charge on any atom is -0.337 e. The highest BCUT2D eigenvalue weighted by atomic mass is 32.2. The van der Waals surface area contributed by atoms with Gasteiger partial charge in [-0.1, -0.05) is 42.5 Å². The van der Waals surface area contributed by atoms with Crippen LogP contribution >= 0.6 is 11.8 Å². The van der Waals surface area contributed by atoms with Gasteiger partial charge in [-0.25, -0.2) is 19.2 Å². The van der Waals surface area contributed by atoms with Crippen LogP contribution in [0.2, 0.25) is 0 Å². The molecule has 2 fully saturated rings. The molecule has 0 radical (unpaired) electrons. The van der Waals surface area contributed by atoms with Gasteiger partial charge < -0.3 is 15.1 Å². The smallest absolute Gasteiger partial charge is 0.334 e. The van der Waals surface area contributed by atoms with E-state index in [0.29, 0.717) is 13.0 Å². The van der Waals surface area contributed by atoms with Gasteiger partial charge in [-0.2, -0.15) is 11.8 Å². The number of thioether (sulfide) groups is 1. The Morgan fingerprint density at radius 2 is 1.79 bits per heavy atom. The van der Waals surface area contributed by atoms with Gasteiger partial charge in [-0.15, -0.1) is 0 Å². The van der Waals surface area contributed by atoms with Gasteiger partial charge in [0.05, 0.1) is 13.1 Å². The summed E-state index contributed by atoms with van der Waals surface area (Å²) in [4.78, 5) is 43.6. The first kappa shape index (κ1) is 27.9. The Labute approximate surface area is 228 Å². The Kier molecular flexibility index (Phi) is 9.63. The second-order valence-corrected chi connectivity index (χ2v) is 10.7. The number of rotatable bonds is 10. The fourth-order valence-electron chi connectivity index (χ4n) is 5.15. The number of urea groups is 1. The number of nitrogens with one attached hydrogen (secondary N) is 1. The number of unbranched alkanes of at least 4 members (excludes halogenated alkanes) is 1. The highest BCUT2D eigenvalue weighted by Crippen LogP contribution is 2.28. The predicted molar refractivity (Wildman–Crippen MR) is 146 cm³/mol. The highest BCUT2D eigenvalue weighted by Gasteiger charge is 2.50. The fraction of sp³-hybridized carbons (Fsp3) is 0.464. The van der Waals surface area contributed by atoms with E-state index in [1.165, 1.54) is 17.7 Å². The molecule has 0 aromatic heterocycles. The molecule has 2 aliphatic rings. The average molecular weight is 542 g/mol. The van der Waals surface area contributed by atoms with Crippen molar-refractivity contribution in [2.24, 2.45) is 0 Å². The number of benzene rings is 2. The van der Waals surface area contributed by atoms with E-state index in [4.69, 9.17) is 0 Å². The molecule has 0 spiro atoms. The molecule has 2 heterocycles. The van der Waals surface area contributed by atoms with Crippen LogP contribution in [0.3, 0.4) is 0 Å². The maximum Gasteiger partial charge on any atom is 0.334 e. The predicted octanol–water partition coefficient (Wildman–Crippen LogP) is 3.34. The Balaban J connectivity index is 1.47. The standard InChI is InChI=1S/C28H36FN5O3S/c1-31-20-26(35)33-24(15-17-38-2)27(36)32(16-7-6-10-21-8-4-3-5-9-21)19-25(33)34(31)28(37)30-18-22-11-13-23(29)14-12-22/h3-5,8-9,11-14,24-25H,6-7,10,15-20H2,1-2H3,(H,30,37)/t24-,25-/m0/s1. The lowest BCUT2D eigenvalue weighted by molar-refractivity contribution is -0.187.